The van der Waals surface area contributed by atoms with Crippen LogP contribution < -0.4 is 0 Å². The topological polar surface area (TPSA) is 61.2 Å². The van der Waals surface area contributed by atoms with Crippen LogP contribution in [0.4, 0.5) is 4.39 Å². The summed E-state index contributed by atoms with van der Waals surface area (Å²) in [7, 11) is -3.77. The number of nitrogens with zero attached hydrogens (tertiary/aromatic N) is 2. The molecule has 0 unspecified atom stereocenters. The number of nitriles is 1. The Morgan fingerprint density at radius 1 is 1.17 bits per heavy atom. The van der Waals surface area contributed by atoms with Crippen LogP contribution in [0.1, 0.15) is 24.0 Å². The van der Waals surface area contributed by atoms with Crippen molar-refractivity contribution in [2.24, 2.45) is 0 Å². The predicted molar refractivity (Wildman–Crippen MR) is 83.3 cm³/mol. The van der Waals surface area contributed by atoms with Crippen molar-refractivity contribution in [1.82, 2.24) is 4.31 Å². The fourth-order valence-electron chi connectivity index (χ4n) is 2.43. The first-order valence-electron chi connectivity index (χ1n) is 7.28. The maximum Gasteiger partial charge on any atom is 0.243 e. The first kappa shape index (κ1) is 15.7. The first-order chi connectivity index (χ1) is 11.0. The van der Waals surface area contributed by atoms with Gasteiger partial charge >= 0.3 is 0 Å². The molecule has 4 nitrogen and oxygen atoms in total. The third-order valence-electron chi connectivity index (χ3n) is 3.81. The molecule has 0 aliphatic heterocycles. The van der Waals surface area contributed by atoms with Gasteiger partial charge in [0.25, 0.3) is 0 Å². The van der Waals surface area contributed by atoms with E-state index in [4.69, 9.17) is 5.26 Å². The molecule has 1 aliphatic rings. The van der Waals surface area contributed by atoms with Crippen LogP contribution in [0.15, 0.2) is 53.4 Å². The molecule has 2 aromatic carbocycles. The van der Waals surface area contributed by atoms with E-state index >= 15 is 0 Å². The Bertz CT molecular complexity index is 870. The molecule has 1 fully saturated rings. The van der Waals surface area contributed by atoms with Crippen LogP contribution >= 0.6 is 0 Å². The van der Waals surface area contributed by atoms with Gasteiger partial charge in [0.2, 0.25) is 10.0 Å². The van der Waals surface area contributed by atoms with Crippen molar-refractivity contribution in [1.29, 1.82) is 5.26 Å². The van der Waals surface area contributed by atoms with Crippen molar-refractivity contribution in [3.05, 3.63) is 65.5 Å². The van der Waals surface area contributed by atoms with E-state index in [-0.39, 0.29) is 23.0 Å². The Balaban J connectivity index is 1.97. The largest absolute Gasteiger partial charge is 0.243 e. The maximum absolute atomic E-state index is 13.9. The van der Waals surface area contributed by atoms with E-state index in [0.717, 1.165) is 12.8 Å². The standard InChI is InChI=1S/C17H15FN2O2S/c18-17-7-2-1-5-14(17)12-20(15-8-9-15)23(21,22)16-6-3-4-13(10-16)11-19/h1-7,10,15H,8-9,12H2. The summed E-state index contributed by atoms with van der Waals surface area (Å²) in [6, 6.07) is 13.9. The molecule has 1 saturated carbocycles. The number of hydrogen-bond acceptors (Lipinski definition) is 3. The quantitative estimate of drug-likeness (QED) is 0.846. The van der Waals surface area contributed by atoms with Crippen LogP contribution in [0.5, 0.6) is 0 Å². The lowest BCUT2D eigenvalue weighted by atomic mass is 10.2. The molecule has 2 aromatic rings. The first-order valence-corrected chi connectivity index (χ1v) is 8.72. The summed E-state index contributed by atoms with van der Waals surface area (Å²) >= 11 is 0. The van der Waals surface area contributed by atoms with E-state index in [0.29, 0.717) is 5.56 Å². The van der Waals surface area contributed by atoms with Crippen molar-refractivity contribution >= 4 is 10.0 Å². The summed E-state index contributed by atoms with van der Waals surface area (Å²) in [6.45, 7) is -0.00352. The molecule has 0 saturated heterocycles. The van der Waals surface area contributed by atoms with Gasteiger partial charge in [-0.3, -0.25) is 0 Å². The zero-order chi connectivity index (χ0) is 16.4. The predicted octanol–water partition coefficient (Wildman–Crippen LogP) is 3.05. The van der Waals surface area contributed by atoms with Crippen LogP contribution in [0.2, 0.25) is 0 Å². The lowest BCUT2D eigenvalue weighted by molar-refractivity contribution is 0.391. The van der Waals surface area contributed by atoms with Crippen LogP contribution in [-0.4, -0.2) is 18.8 Å². The third kappa shape index (κ3) is 3.26. The Hall–Kier alpha value is -2.23. The van der Waals surface area contributed by atoms with Gasteiger partial charge in [0.15, 0.2) is 0 Å². The molecule has 23 heavy (non-hydrogen) atoms. The van der Waals surface area contributed by atoms with Crippen molar-refractivity contribution in [3.63, 3.8) is 0 Å². The zero-order valence-corrected chi connectivity index (χ0v) is 13.1. The maximum atomic E-state index is 13.9. The molecule has 0 heterocycles. The second kappa shape index (κ2) is 6.11. The highest BCUT2D eigenvalue weighted by Crippen LogP contribution is 2.34. The fourth-order valence-corrected chi connectivity index (χ4v) is 4.14. The van der Waals surface area contributed by atoms with Gasteiger partial charge in [-0.05, 0) is 37.1 Å². The second-order valence-corrected chi connectivity index (χ2v) is 7.40. The number of rotatable bonds is 5. The summed E-state index contributed by atoms with van der Waals surface area (Å²) in [5.41, 5.74) is 0.632. The molecule has 0 amide bonds. The van der Waals surface area contributed by atoms with Crippen molar-refractivity contribution < 1.29 is 12.8 Å². The van der Waals surface area contributed by atoms with Gasteiger partial charge < -0.3 is 0 Å². The second-order valence-electron chi connectivity index (χ2n) is 5.51. The van der Waals surface area contributed by atoms with Crippen molar-refractivity contribution in [2.45, 2.75) is 30.3 Å². The average molecular weight is 330 g/mol. The van der Waals surface area contributed by atoms with Gasteiger partial charge in [-0.15, -0.1) is 0 Å². The minimum absolute atomic E-state index is 0.00352. The van der Waals surface area contributed by atoms with Crippen LogP contribution in [0.25, 0.3) is 0 Å². The number of sulfonamides is 1. The van der Waals surface area contributed by atoms with Crippen molar-refractivity contribution in [3.8, 4) is 6.07 Å². The summed E-state index contributed by atoms with van der Waals surface area (Å²) in [4.78, 5) is 0.0692. The van der Waals surface area contributed by atoms with Crippen LogP contribution in [-0.2, 0) is 16.6 Å². The Morgan fingerprint density at radius 2 is 1.91 bits per heavy atom. The monoisotopic (exact) mass is 330 g/mol. The minimum Gasteiger partial charge on any atom is -0.207 e. The summed E-state index contributed by atoms with van der Waals surface area (Å²) in [6.07, 6.45) is 1.54. The molecule has 0 spiro atoms. The zero-order valence-electron chi connectivity index (χ0n) is 12.3. The van der Waals surface area contributed by atoms with Gasteiger partial charge in [-0.2, -0.15) is 9.57 Å². The van der Waals surface area contributed by atoms with Gasteiger partial charge in [-0.25, -0.2) is 12.8 Å². The SMILES string of the molecule is N#Cc1cccc(S(=O)(=O)N(Cc2ccccc2F)C2CC2)c1. The van der Waals surface area contributed by atoms with Gasteiger partial charge in [0, 0.05) is 18.2 Å². The molecule has 0 bridgehead atoms. The number of halogens is 1. The molecular weight excluding hydrogens is 315 g/mol. The van der Waals surface area contributed by atoms with Gasteiger partial charge in [0.05, 0.1) is 16.5 Å². The normalized spacial score (nSPS) is 14.7. The molecule has 0 N–H and O–H groups in total. The van der Waals surface area contributed by atoms with E-state index in [1.807, 2.05) is 6.07 Å². The molecule has 0 radical (unpaired) electrons. The van der Waals surface area contributed by atoms with E-state index in [2.05, 4.69) is 0 Å². The van der Waals surface area contributed by atoms with Crippen LogP contribution in [0, 0.1) is 17.1 Å². The molecule has 6 heteroatoms. The smallest absolute Gasteiger partial charge is 0.207 e. The molecule has 3 rings (SSSR count). The van der Waals surface area contributed by atoms with Crippen molar-refractivity contribution in [2.75, 3.05) is 0 Å². The van der Waals surface area contributed by atoms with E-state index in [9.17, 15) is 12.8 Å². The Morgan fingerprint density at radius 3 is 2.57 bits per heavy atom. The Labute approximate surface area is 134 Å². The number of hydrogen-bond donors (Lipinski definition) is 0. The molecule has 1 aliphatic carbocycles. The van der Waals surface area contributed by atoms with Gasteiger partial charge in [-0.1, -0.05) is 24.3 Å². The summed E-state index contributed by atoms with van der Waals surface area (Å²) in [5, 5.41) is 8.95. The molecule has 0 atom stereocenters. The highest BCUT2D eigenvalue weighted by molar-refractivity contribution is 7.89. The minimum atomic E-state index is -3.77. The van der Waals surface area contributed by atoms with Crippen LogP contribution in [0.3, 0.4) is 0 Å². The lowest BCUT2D eigenvalue weighted by Crippen LogP contribution is -2.33. The highest BCUT2D eigenvalue weighted by Gasteiger charge is 2.38. The molecule has 118 valence electrons. The fraction of sp³-hybridized carbons (Fsp3) is 0.235. The summed E-state index contributed by atoms with van der Waals surface area (Å²) < 4.78 is 41.0. The van der Waals surface area contributed by atoms with Gasteiger partial charge in [0.1, 0.15) is 5.82 Å². The van der Waals surface area contributed by atoms with E-state index in [1.165, 1.54) is 22.5 Å². The third-order valence-corrected chi connectivity index (χ3v) is 5.70. The molecular formula is C17H15FN2O2S. The average Bonchev–Trinajstić information content (AvgIpc) is 3.38. The van der Waals surface area contributed by atoms with E-state index in [1.54, 1.807) is 30.3 Å². The number of benzene rings is 2. The highest BCUT2D eigenvalue weighted by atomic mass is 32.2. The molecule has 0 aromatic heterocycles. The summed E-state index contributed by atoms with van der Waals surface area (Å²) in [5.74, 6) is -0.417. The Kier molecular flexibility index (Phi) is 4.16. The van der Waals surface area contributed by atoms with E-state index < -0.39 is 15.8 Å². The lowest BCUT2D eigenvalue weighted by Gasteiger charge is -2.22.